The highest BCUT2D eigenvalue weighted by molar-refractivity contribution is 5.39. The average molecular weight is 385 g/mol. The summed E-state index contributed by atoms with van der Waals surface area (Å²) in [6, 6.07) is 4.98. The number of nitrogens with zero attached hydrogens (tertiary/aromatic N) is 6. The number of likely N-dealkylation sites (tertiary alicyclic amines) is 3. The third-order valence-corrected chi connectivity index (χ3v) is 6.68. The van der Waals surface area contributed by atoms with Gasteiger partial charge < -0.3 is 19.6 Å². The molecule has 0 radical (unpaired) electrons. The summed E-state index contributed by atoms with van der Waals surface area (Å²) in [4.78, 5) is 9.62. The number of piperidine rings is 3. The quantitative estimate of drug-likeness (QED) is 0.656. The van der Waals surface area contributed by atoms with Crippen molar-refractivity contribution in [2.45, 2.75) is 57.4 Å². The minimum atomic E-state index is 0.262. The van der Waals surface area contributed by atoms with Gasteiger partial charge in [-0.2, -0.15) is 10.5 Å². The normalized spacial score (nSPS) is 22.3. The van der Waals surface area contributed by atoms with Crippen LogP contribution in [0.2, 0.25) is 0 Å². The van der Waals surface area contributed by atoms with Crippen molar-refractivity contribution in [3.8, 4) is 12.1 Å². The van der Waals surface area contributed by atoms with Crippen LogP contribution in [0.5, 0.6) is 0 Å². The molecule has 0 aromatic heterocycles. The fraction of sp³-hybridized carbons (Fsp3) is 0.818. The van der Waals surface area contributed by atoms with Crippen LogP contribution in [0.4, 0.5) is 0 Å². The van der Waals surface area contributed by atoms with Crippen LogP contribution >= 0.6 is 0 Å². The molecule has 154 valence electrons. The molecule has 6 heteroatoms. The Morgan fingerprint density at radius 3 is 2.00 bits per heavy atom. The van der Waals surface area contributed by atoms with Crippen LogP contribution in [-0.2, 0) is 0 Å². The third kappa shape index (κ3) is 5.40. The summed E-state index contributed by atoms with van der Waals surface area (Å²) in [5.41, 5.74) is 0.262. The lowest BCUT2D eigenvalue weighted by atomic mass is 9.99. The second-order valence-electron chi connectivity index (χ2n) is 8.56. The van der Waals surface area contributed by atoms with Gasteiger partial charge in [-0.15, -0.1) is 0 Å². The van der Waals surface area contributed by atoms with Crippen LogP contribution in [0.25, 0.3) is 0 Å². The Balaban J connectivity index is 1.60. The third-order valence-electron chi connectivity index (χ3n) is 6.68. The molecule has 0 spiro atoms. The van der Waals surface area contributed by atoms with Gasteiger partial charge in [-0.05, 0) is 64.7 Å². The SMILES string of the molecule is CN(CCN1CCCCC1)C(=C(C#N)C#N)N1CCC(N2CCCCC2)CC1. The molecule has 0 unspecified atom stereocenters. The molecular formula is C22H36N6. The molecule has 0 aromatic carbocycles. The molecule has 0 atom stereocenters. The van der Waals surface area contributed by atoms with Gasteiger partial charge in [-0.25, -0.2) is 0 Å². The zero-order valence-corrected chi connectivity index (χ0v) is 17.6. The van der Waals surface area contributed by atoms with Gasteiger partial charge in [0.05, 0.1) is 0 Å². The highest BCUT2D eigenvalue weighted by Crippen LogP contribution is 2.25. The Hall–Kier alpha value is -1.76. The van der Waals surface area contributed by atoms with E-state index in [1.54, 1.807) is 0 Å². The van der Waals surface area contributed by atoms with Crippen LogP contribution in [-0.4, -0.2) is 85.0 Å². The molecule has 0 aliphatic carbocycles. The molecule has 0 N–H and O–H groups in total. The van der Waals surface area contributed by atoms with Crippen molar-refractivity contribution in [2.75, 3.05) is 59.4 Å². The van der Waals surface area contributed by atoms with Gasteiger partial charge >= 0.3 is 0 Å². The number of allylic oxidation sites excluding steroid dienone is 1. The number of nitriles is 2. The molecular weight excluding hydrogens is 348 g/mol. The van der Waals surface area contributed by atoms with Gasteiger partial charge in [0.25, 0.3) is 0 Å². The lowest BCUT2D eigenvalue weighted by Gasteiger charge is -2.43. The number of rotatable bonds is 6. The summed E-state index contributed by atoms with van der Waals surface area (Å²) in [6.07, 6.45) is 10.2. The minimum absolute atomic E-state index is 0.262. The van der Waals surface area contributed by atoms with Crippen LogP contribution in [0, 0.1) is 22.7 Å². The van der Waals surface area contributed by atoms with E-state index in [4.69, 9.17) is 0 Å². The molecule has 3 aliphatic heterocycles. The van der Waals surface area contributed by atoms with E-state index < -0.39 is 0 Å². The summed E-state index contributed by atoms with van der Waals surface area (Å²) >= 11 is 0. The van der Waals surface area contributed by atoms with E-state index in [9.17, 15) is 10.5 Å². The fourth-order valence-electron chi connectivity index (χ4n) is 5.02. The highest BCUT2D eigenvalue weighted by Gasteiger charge is 2.29. The van der Waals surface area contributed by atoms with E-state index in [0.717, 1.165) is 44.8 Å². The number of likely N-dealkylation sites (N-methyl/N-ethyl adjacent to an activating group) is 1. The smallest absolute Gasteiger partial charge is 0.169 e. The van der Waals surface area contributed by atoms with Crippen LogP contribution < -0.4 is 0 Å². The molecule has 0 saturated carbocycles. The molecule has 3 heterocycles. The Morgan fingerprint density at radius 2 is 1.43 bits per heavy atom. The topological polar surface area (TPSA) is 60.5 Å². The Kier molecular flexibility index (Phi) is 8.01. The first kappa shape index (κ1) is 21.0. The van der Waals surface area contributed by atoms with E-state index in [-0.39, 0.29) is 5.57 Å². The van der Waals surface area contributed by atoms with E-state index in [2.05, 4.69) is 31.7 Å². The molecule has 3 rings (SSSR count). The summed E-state index contributed by atoms with van der Waals surface area (Å²) < 4.78 is 0. The van der Waals surface area contributed by atoms with Crippen molar-refractivity contribution in [1.82, 2.24) is 19.6 Å². The first-order chi connectivity index (χ1) is 13.7. The molecule has 0 amide bonds. The molecule has 3 fully saturated rings. The van der Waals surface area contributed by atoms with Crippen molar-refractivity contribution in [1.29, 1.82) is 10.5 Å². The predicted octanol–water partition coefficient (Wildman–Crippen LogP) is 2.61. The second-order valence-corrected chi connectivity index (χ2v) is 8.56. The number of hydrogen-bond donors (Lipinski definition) is 0. The highest BCUT2D eigenvalue weighted by atomic mass is 15.3. The van der Waals surface area contributed by atoms with Crippen molar-refractivity contribution in [3.05, 3.63) is 11.4 Å². The maximum Gasteiger partial charge on any atom is 0.169 e. The Morgan fingerprint density at radius 1 is 0.857 bits per heavy atom. The van der Waals surface area contributed by atoms with Gasteiger partial charge in [-0.1, -0.05) is 12.8 Å². The molecule has 3 saturated heterocycles. The molecule has 0 aromatic rings. The van der Waals surface area contributed by atoms with Crippen LogP contribution in [0.15, 0.2) is 11.4 Å². The summed E-state index contributed by atoms with van der Waals surface area (Å²) in [5.74, 6) is 0.846. The zero-order valence-electron chi connectivity index (χ0n) is 17.6. The second kappa shape index (κ2) is 10.7. The van der Waals surface area contributed by atoms with Gasteiger partial charge in [0, 0.05) is 39.3 Å². The first-order valence-corrected chi connectivity index (χ1v) is 11.2. The van der Waals surface area contributed by atoms with E-state index >= 15 is 0 Å². The summed E-state index contributed by atoms with van der Waals surface area (Å²) in [6.45, 7) is 8.60. The molecule has 6 nitrogen and oxygen atoms in total. The molecule has 3 aliphatic rings. The summed E-state index contributed by atoms with van der Waals surface area (Å²) in [7, 11) is 2.05. The maximum absolute atomic E-state index is 9.55. The largest absolute Gasteiger partial charge is 0.358 e. The molecule has 28 heavy (non-hydrogen) atoms. The molecule has 0 bridgehead atoms. The summed E-state index contributed by atoms with van der Waals surface area (Å²) in [5, 5.41) is 19.1. The Bertz CT molecular complexity index is 579. The zero-order chi connectivity index (χ0) is 19.8. The standard InChI is InChI=1S/C22H36N6/c1-25(16-17-26-10-4-2-5-11-26)22(20(18-23)19-24)28-14-8-21(9-15-28)27-12-6-3-7-13-27/h21H,2-17H2,1H3. The minimum Gasteiger partial charge on any atom is -0.358 e. The number of hydrogen-bond acceptors (Lipinski definition) is 6. The Labute approximate surface area is 171 Å². The monoisotopic (exact) mass is 384 g/mol. The van der Waals surface area contributed by atoms with Gasteiger partial charge in [-0.3, -0.25) is 0 Å². The van der Waals surface area contributed by atoms with Gasteiger partial charge in [0.2, 0.25) is 0 Å². The van der Waals surface area contributed by atoms with Gasteiger partial charge in [0.1, 0.15) is 18.0 Å². The lowest BCUT2D eigenvalue weighted by Crippen LogP contribution is -2.48. The fourth-order valence-corrected chi connectivity index (χ4v) is 5.02. The van der Waals surface area contributed by atoms with Crippen molar-refractivity contribution >= 4 is 0 Å². The maximum atomic E-state index is 9.55. The van der Waals surface area contributed by atoms with Crippen molar-refractivity contribution in [2.24, 2.45) is 0 Å². The van der Waals surface area contributed by atoms with Crippen LogP contribution in [0.1, 0.15) is 51.4 Å². The van der Waals surface area contributed by atoms with Gasteiger partial charge in [0.15, 0.2) is 5.57 Å². The average Bonchev–Trinajstić information content (AvgIpc) is 2.77. The van der Waals surface area contributed by atoms with Crippen molar-refractivity contribution < 1.29 is 0 Å². The van der Waals surface area contributed by atoms with Crippen LogP contribution in [0.3, 0.4) is 0 Å². The van der Waals surface area contributed by atoms with E-state index in [1.807, 2.05) is 7.05 Å². The predicted molar refractivity (Wildman–Crippen MR) is 111 cm³/mol. The van der Waals surface area contributed by atoms with Crippen molar-refractivity contribution in [3.63, 3.8) is 0 Å². The van der Waals surface area contributed by atoms with E-state index in [0.29, 0.717) is 6.04 Å². The first-order valence-electron chi connectivity index (χ1n) is 11.2. The lowest BCUT2D eigenvalue weighted by molar-refractivity contribution is 0.0903. The van der Waals surface area contributed by atoms with E-state index in [1.165, 1.54) is 64.7 Å².